The summed E-state index contributed by atoms with van der Waals surface area (Å²) in [4.78, 5) is 17.1. The molecule has 0 aliphatic carbocycles. The topological polar surface area (TPSA) is 145 Å². The third-order valence-electron chi connectivity index (χ3n) is 8.79. The number of epoxide rings is 1. The van der Waals surface area contributed by atoms with Gasteiger partial charge in [0.15, 0.2) is 18.9 Å². The number of fused-ring (bicyclic) bond motifs is 1. The molecule has 0 spiro atoms. The lowest BCUT2D eigenvalue weighted by Gasteiger charge is -2.42. The molecule has 13 atom stereocenters. The molecule has 11 heteroatoms. The number of carbonyl (C=O) groups excluding carboxylic acids is 1. The van der Waals surface area contributed by atoms with E-state index in [1.807, 2.05) is 41.9 Å². The van der Waals surface area contributed by atoms with E-state index in [-0.39, 0.29) is 43.2 Å². The Morgan fingerprint density at radius 3 is 2.23 bits per heavy atom. The van der Waals surface area contributed by atoms with E-state index in [0.29, 0.717) is 19.4 Å². The van der Waals surface area contributed by atoms with Gasteiger partial charge in [-0.15, -0.1) is 0 Å². The summed E-state index contributed by atoms with van der Waals surface area (Å²) in [6, 6.07) is -0.0294. The van der Waals surface area contributed by atoms with Crippen molar-refractivity contribution in [3.63, 3.8) is 0 Å². The molecule has 2 aliphatic rings. The second-order valence-electron chi connectivity index (χ2n) is 12.6. The number of hydrogen-bond donors (Lipinski definition) is 4. The van der Waals surface area contributed by atoms with Gasteiger partial charge in [0.1, 0.15) is 6.10 Å². The molecule has 236 valence electrons. The molecule has 0 amide bonds. The van der Waals surface area contributed by atoms with Crippen LogP contribution >= 0.6 is 0 Å². The number of aliphatic hydroxyl groups excluding tert-OH is 3. The summed E-state index contributed by atoms with van der Waals surface area (Å²) in [5.41, 5.74) is -1.52. The highest BCUT2D eigenvalue weighted by molar-refractivity contribution is 5.72. The second kappa shape index (κ2) is 15.0. The fraction of sp³-hybridized carbons (Fsp3) is 0.966. The maximum atomic E-state index is 13.0. The van der Waals surface area contributed by atoms with E-state index in [2.05, 4.69) is 9.80 Å². The zero-order valence-electron chi connectivity index (χ0n) is 26.2. The molecule has 0 aromatic heterocycles. The average molecular weight is 577 g/mol. The lowest BCUT2D eigenvalue weighted by molar-refractivity contribution is -0.240. The van der Waals surface area contributed by atoms with Gasteiger partial charge >= 0.3 is 5.97 Å². The van der Waals surface area contributed by atoms with Crippen molar-refractivity contribution in [3.8, 4) is 0 Å². The molecule has 0 aromatic rings. The molecule has 2 aliphatic heterocycles. The van der Waals surface area contributed by atoms with Crippen LogP contribution in [0.2, 0.25) is 0 Å². The van der Waals surface area contributed by atoms with Crippen LogP contribution in [0, 0.1) is 17.8 Å². The molecule has 0 saturated carbocycles. The van der Waals surface area contributed by atoms with E-state index in [4.69, 9.17) is 18.9 Å². The van der Waals surface area contributed by atoms with Crippen molar-refractivity contribution >= 4 is 5.97 Å². The Labute approximate surface area is 240 Å². The van der Waals surface area contributed by atoms with Crippen LogP contribution < -0.4 is 0 Å². The van der Waals surface area contributed by atoms with Crippen molar-refractivity contribution in [3.05, 3.63) is 0 Å². The summed E-state index contributed by atoms with van der Waals surface area (Å²) in [6.07, 6.45) is -3.21. The third kappa shape index (κ3) is 9.31. The fourth-order valence-electron chi connectivity index (χ4n) is 5.73. The Kier molecular flexibility index (Phi) is 13.3. The minimum absolute atomic E-state index is 0.0289. The van der Waals surface area contributed by atoms with Crippen molar-refractivity contribution in [2.45, 2.75) is 135 Å². The molecule has 40 heavy (non-hydrogen) atoms. The molecule has 4 N–H and O–H groups in total. The molecular formula is C29H56N2O9. The zero-order chi connectivity index (χ0) is 30.5. The lowest BCUT2D eigenvalue weighted by atomic mass is 9.79. The van der Waals surface area contributed by atoms with Gasteiger partial charge in [0, 0.05) is 37.4 Å². The summed E-state index contributed by atoms with van der Waals surface area (Å²) in [6.45, 7) is 13.2. The van der Waals surface area contributed by atoms with E-state index >= 15 is 0 Å². The predicted molar refractivity (Wildman–Crippen MR) is 150 cm³/mol. The Bertz CT molecular complexity index is 785. The fourth-order valence-corrected chi connectivity index (χ4v) is 5.73. The van der Waals surface area contributed by atoms with E-state index in [1.54, 1.807) is 27.7 Å². The van der Waals surface area contributed by atoms with Crippen molar-refractivity contribution in [2.24, 2.45) is 17.8 Å². The Hall–Kier alpha value is -0.890. The van der Waals surface area contributed by atoms with E-state index < -0.39 is 54.3 Å². The van der Waals surface area contributed by atoms with Crippen LogP contribution in [0.3, 0.4) is 0 Å². The smallest absolute Gasteiger partial charge is 0.313 e. The van der Waals surface area contributed by atoms with Crippen LogP contribution in [0.5, 0.6) is 0 Å². The first-order chi connectivity index (χ1) is 18.5. The Morgan fingerprint density at radius 1 is 1.05 bits per heavy atom. The SMILES string of the molecule is CC[C@H](O)OC(=O)[C@H](C)[C@@H](O[C@H]1CC(N(C)C)[C@@H]2OC2O1)[C@H](C)[C@@H](O)C(C)(O)C[C@@H](C)N(C)C[C@H](C)[C@@H](O)CC. The van der Waals surface area contributed by atoms with Crippen molar-refractivity contribution in [2.75, 3.05) is 27.7 Å². The van der Waals surface area contributed by atoms with E-state index in [9.17, 15) is 25.2 Å². The van der Waals surface area contributed by atoms with Crippen molar-refractivity contribution < 1.29 is 44.2 Å². The molecule has 11 nitrogen and oxygen atoms in total. The standard InChI is InChI=1S/C29H56N2O9/c1-11-21(32)16(3)15-31(10)17(4)14-29(7,36)26(34)18(5)24(19(6)27(35)37-22(33)12-2)38-23-13-20(30(8)9)25-28(39-23)40-25/h16-26,28,32-34,36H,11-15H2,1-10H3/t16-,17+,18-,19+,20?,21-,22+,23+,24-,25-,26+,28?,29?/m0/s1. The van der Waals surface area contributed by atoms with Gasteiger partial charge in [0.2, 0.25) is 0 Å². The number of esters is 1. The van der Waals surface area contributed by atoms with Crippen molar-refractivity contribution in [1.29, 1.82) is 0 Å². The van der Waals surface area contributed by atoms with Crippen LogP contribution in [-0.2, 0) is 23.7 Å². The monoisotopic (exact) mass is 576 g/mol. The number of aliphatic hydroxyl groups is 4. The number of rotatable bonds is 17. The summed E-state index contributed by atoms with van der Waals surface area (Å²) < 4.78 is 23.1. The molecule has 3 unspecified atom stereocenters. The first kappa shape index (κ1) is 35.3. The van der Waals surface area contributed by atoms with E-state index in [0.717, 1.165) is 0 Å². The first-order valence-electron chi connectivity index (χ1n) is 14.8. The van der Waals surface area contributed by atoms with Gasteiger partial charge < -0.3 is 49.2 Å². The van der Waals surface area contributed by atoms with Gasteiger partial charge in [-0.1, -0.05) is 27.7 Å². The van der Waals surface area contributed by atoms with Gasteiger partial charge in [0.05, 0.1) is 29.8 Å². The second-order valence-corrected chi connectivity index (χ2v) is 12.6. The van der Waals surface area contributed by atoms with Gasteiger partial charge in [-0.2, -0.15) is 0 Å². The molecule has 0 radical (unpaired) electrons. The summed E-state index contributed by atoms with van der Waals surface area (Å²) in [7, 11) is 5.86. The highest BCUT2D eigenvalue weighted by Crippen LogP contribution is 2.40. The quantitative estimate of drug-likeness (QED) is 0.114. The highest BCUT2D eigenvalue weighted by atomic mass is 16.8. The normalized spacial score (nSPS) is 30.4. The number of nitrogens with zero attached hydrogens (tertiary/aromatic N) is 2. The predicted octanol–water partition coefficient (Wildman–Crippen LogP) is 1.55. The summed E-state index contributed by atoms with van der Waals surface area (Å²) in [5.74, 6) is -2.16. The Morgan fingerprint density at radius 2 is 1.68 bits per heavy atom. The maximum Gasteiger partial charge on any atom is 0.313 e. The lowest BCUT2D eigenvalue weighted by Crippen LogP contribution is -2.54. The van der Waals surface area contributed by atoms with Crippen LogP contribution in [-0.4, -0.2) is 125 Å². The third-order valence-corrected chi connectivity index (χ3v) is 8.79. The molecule has 2 rings (SSSR count). The summed E-state index contributed by atoms with van der Waals surface area (Å²) in [5, 5.41) is 43.1. The largest absolute Gasteiger partial charge is 0.436 e. The highest BCUT2D eigenvalue weighted by Gasteiger charge is 2.54. The number of ether oxygens (including phenoxy) is 4. The van der Waals surface area contributed by atoms with Gasteiger partial charge in [-0.3, -0.25) is 4.79 Å². The van der Waals surface area contributed by atoms with Gasteiger partial charge in [0.25, 0.3) is 0 Å². The van der Waals surface area contributed by atoms with Gasteiger partial charge in [-0.05, 0) is 60.7 Å². The number of carbonyl (C=O) groups is 1. The van der Waals surface area contributed by atoms with E-state index in [1.165, 1.54) is 0 Å². The van der Waals surface area contributed by atoms with Crippen LogP contribution in [0.4, 0.5) is 0 Å². The molecule has 2 saturated heterocycles. The minimum Gasteiger partial charge on any atom is -0.436 e. The molecule has 0 aromatic carbocycles. The molecule has 2 fully saturated rings. The first-order valence-corrected chi connectivity index (χ1v) is 14.8. The zero-order valence-corrected chi connectivity index (χ0v) is 26.2. The molecule has 0 bridgehead atoms. The Balaban J connectivity index is 2.18. The number of likely N-dealkylation sites (N-methyl/N-ethyl adjacent to an activating group) is 1. The minimum atomic E-state index is -1.52. The van der Waals surface area contributed by atoms with Crippen LogP contribution in [0.15, 0.2) is 0 Å². The maximum absolute atomic E-state index is 13.0. The molecular weight excluding hydrogens is 520 g/mol. The molecule has 2 heterocycles. The number of hydrogen-bond acceptors (Lipinski definition) is 11. The van der Waals surface area contributed by atoms with Crippen molar-refractivity contribution in [1.82, 2.24) is 9.80 Å². The average Bonchev–Trinajstić information content (AvgIpc) is 3.68. The summed E-state index contributed by atoms with van der Waals surface area (Å²) >= 11 is 0. The van der Waals surface area contributed by atoms with Gasteiger partial charge in [-0.25, -0.2) is 0 Å². The van der Waals surface area contributed by atoms with Crippen LogP contribution in [0.25, 0.3) is 0 Å². The van der Waals surface area contributed by atoms with Crippen LogP contribution in [0.1, 0.15) is 74.1 Å².